The van der Waals surface area contributed by atoms with Crippen LogP contribution in [0.4, 0.5) is 10.6 Å². The smallest absolute Gasteiger partial charge is 0.410 e. The molecule has 132 valence electrons. The van der Waals surface area contributed by atoms with Crippen molar-refractivity contribution < 1.29 is 14.3 Å². The van der Waals surface area contributed by atoms with Crippen LogP contribution in [0.5, 0.6) is 0 Å². The lowest BCUT2D eigenvalue weighted by Gasteiger charge is -2.31. The molecule has 7 nitrogen and oxygen atoms in total. The molecule has 24 heavy (non-hydrogen) atoms. The molecule has 0 saturated carbocycles. The van der Waals surface area contributed by atoms with Crippen molar-refractivity contribution in [1.29, 1.82) is 0 Å². The minimum atomic E-state index is -0.518. The molecule has 2 aliphatic heterocycles. The molecule has 0 aromatic carbocycles. The molecular weight excluding hydrogens is 332 g/mol. The normalized spacial score (nSPS) is 20.7. The first-order valence-electron chi connectivity index (χ1n) is 8.19. The zero-order valence-electron chi connectivity index (χ0n) is 14.3. The molecule has 1 aromatic rings. The Balaban J connectivity index is 1.79. The third-order valence-corrected chi connectivity index (χ3v) is 4.12. The van der Waals surface area contributed by atoms with Crippen LogP contribution in [0.1, 0.15) is 38.4 Å². The second-order valence-electron chi connectivity index (χ2n) is 7.12. The number of carbonyl (C=O) groups is 1. The Labute approximate surface area is 146 Å². The maximum atomic E-state index is 12.3. The summed E-state index contributed by atoms with van der Waals surface area (Å²) >= 11 is 6.05. The molecule has 1 unspecified atom stereocenters. The fourth-order valence-electron chi connectivity index (χ4n) is 2.83. The molecule has 1 aromatic heterocycles. The molecule has 0 spiro atoms. The third-order valence-electron chi connectivity index (χ3n) is 3.96. The van der Waals surface area contributed by atoms with Crippen molar-refractivity contribution in [2.24, 2.45) is 0 Å². The first-order valence-corrected chi connectivity index (χ1v) is 8.57. The lowest BCUT2D eigenvalue weighted by Crippen LogP contribution is -2.40. The molecule has 8 heteroatoms. The van der Waals surface area contributed by atoms with E-state index in [2.05, 4.69) is 15.3 Å². The van der Waals surface area contributed by atoms with Gasteiger partial charge in [0.25, 0.3) is 0 Å². The highest BCUT2D eigenvalue weighted by Gasteiger charge is 2.29. The lowest BCUT2D eigenvalue weighted by molar-refractivity contribution is 0.0223. The Bertz CT molecular complexity index is 626. The van der Waals surface area contributed by atoms with E-state index in [4.69, 9.17) is 21.1 Å². The second-order valence-corrected chi connectivity index (χ2v) is 7.46. The van der Waals surface area contributed by atoms with Crippen molar-refractivity contribution in [2.45, 2.75) is 51.8 Å². The highest BCUT2D eigenvalue weighted by atomic mass is 35.5. The van der Waals surface area contributed by atoms with Gasteiger partial charge in [-0.3, -0.25) is 0 Å². The maximum Gasteiger partial charge on any atom is 0.410 e. The number of ether oxygens (including phenoxy) is 2. The number of nitrogens with zero attached hydrogens (tertiary/aromatic N) is 3. The monoisotopic (exact) mass is 354 g/mol. The van der Waals surface area contributed by atoms with Crippen LogP contribution in [-0.2, 0) is 22.4 Å². The highest BCUT2D eigenvalue weighted by Crippen LogP contribution is 2.27. The van der Waals surface area contributed by atoms with Gasteiger partial charge in [0.05, 0.1) is 24.9 Å². The standard InChI is InChI=1S/C16H23ClN4O3/c1-16(2,3)24-15(22)21-6-4-12-11(8-21)13(20-14(17)19-12)18-10-5-7-23-9-10/h10H,4-9H2,1-3H3,(H,18,19,20). The fourth-order valence-corrected chi connectivity index (χ4v) is 3.01. The zero-order valence-corrected chi connectivity index (χ0v) is 15.0. The molecule has 1 amide bonds. The van der Waals surface area contributed by atoms with E-state index in [1.165, 1.54) is 0 Å². The molecule has 0 radical (unpaired) electrons. The number of fused-ring (bicyclic) bond motifs is 1. The average molecular weight is 355 g/mol. The first kappa shape index (κ1) is 17.2. The Kier molecular flexibility index (Phi) is 4.83. The van der Waals surface area contributed by atoms with Crippen LogP contribution in [0.15, 0.2) is 0 Å². The number of hydrogen-bond donors (Lipinski definition) is 1. The number of amides is 1. The van der Waals surface area contributed by atoms with Crippen molar-refractivity contribution in [2.75, 3.05) is 25.1 Å². The van der Waals surface area contributed by atoms with E-state index >= 15 is 0 Å². The minimum absolute atomic E-state index is 0.206. The van der Waals surface area contributed by atoms with E-state index in [9.17, 15) is 4.79 Å². The summed E-state index contributed by atoms with van der Waals surface area (Å²) in [6.07, 6.45) is 1.23. The molecule has 2 aliphatic rings. The van der Waals surface area contributed by atoms with Crippen LogP contribution in [0, 0.1) is 0 Å². The number of rotatable bonds is 2. The van der Waals surface area contributed by atoms with Gasteiger partial charge in [0.1, 0.15) is 11.4 Å². The minimum Gasteiger partial charge on any atom is -0.444 e. The highest BCUT2D eigenvalue weighted by molar-refractivity contribution is 6.28. The molecule has 1 fully saturated rings. The van der Waals surface area contributed by atoms with Crippen LogP contribution >= 0.6 is 11.6 Å². The van der Waals surface area contributed by atoms with Crippen LogP contribution < -0.4 is 5.32 Å². The quantitative estimate of drug-likeness (QED) is 0.823. The molecule has 1 atom stereocenters. The molecular formula is C16H23ClN4O3. The van der Waals surface area contributed by atoms with Crippen molar-refractivity contribution in [3.05, 3.63) is 16.5 Å². The van der Waals surface area contributed by atoms with Crippen molar-refractivity contribution in [1.82, 2.24) is 14.9 Å². The van der Waals surface area contributed by atoms with Crippen molar-refractivity contribution in [3.63, 3.8) is 0 Å². The topological polar surface area (TPSA) is 76.6 Å². The Hall–Kier alpha value is -1.60. The SMILES string of the molecule is CC(C)(C)OC(=O)N1CCc2nc(Cl)nc(NC3CCOC3)c2C1. The van der Waals surface area contributed by atoms with Gasteiger partial charge >= 0.3 is 6.09 Å². The van der Waals surface area contributed by atoms with Crippen LogP contribution in [0.25, 0.3) is 0 Å². The Morgan fingerprint density at radius 3 is 2.88 bits per heavy atom. The van der Waals surface area contributed by atoms with E-state index < -0.39 is 5.60 Å². The number of carbonyl (C=O) groups excluding carboxylic acids is 1. The number of halogens is 1. The summed E-state index contributed by atoms with van der Waals surface area (Å²) in [5, 5.41) is 3.60. The molecule has 3 rings (SSSR count). The summed E-state index contributed by atoms with van der Waals surface area (Å²) in [6, 6.07) is 0.206. The molecule has 1 saturated heterocycles. The first-order chi connectivity index (χ1) is 11.3. The van der Waals surface area contributed by atoms with Crippen molar-refractivity contribution >= 4 is 23.5 Å². The maximum absolute atomic E-state index is 12.3. The van der Waals surface area contributed by atoms with Gasteiger partial charge in [-0.25, -0.2) is 14.8 Å². The summed E-state index contributed by atoms with van der Waals surface area (Å²) in [6.45, 7) is 7.93. The van der Waals surface area contributed by atoms with Crippen LogP contribution in [0.3, 0.4) is 0 Å². The van der Waals surface area contributed by atoms with E-state index in [-0.39, 0.29) is 17.4 Å². The third kappa shape index (κ3) is 4.08. The number of aromatic nitrogens is 2. The summed E-state index contributed by atoms with van der Waals surface area (Å²) in [4.78, 5) is 22.7. The second kappa shape index (κ2) is 6.72. The van der Waals surface area contributed by atoms with E-state index in [0.717, 1.165) is 24.3 Å². The molecule has 1 N–H and O–H groups in total. The molecule has 3 heterocycles. The summed E-state index contributed by atoms with van der Waals surface area (Å²) in [5.41, 5.74) is 1.27. The Morgan fingerprint density at radius 1 is 1.42 bits per heavy atom. The zero-order chi connectivity index (χ0) is 17.3. The van der Waals surface area contributed by atoms with Gasteiger partial charge in [-0.05, 0) is 38.8 Å². The van der Waals surface area contributed by atoms with Gasteiger partial charge < -0.3 is 19.7 Å². The fraction of sp³-hybridized carbons (Fsp3) is 0.688. The van der Waals surface area contributed by atoms with Gasteiger partial charge in [-0.2, -0.15) is 0 Å². The van der Waals surface area contributed by atoms with Gasteiger partial charge in [-0.1, -0.05) is 0 Å². The lowest BCUT2D eigenvalue weighted by atomic mass is 10.1. The van der Waals surface area contributed by atoms with Gasteiger partial charge in [0.15, 0.2) is 0 Å². The molecule has 0 aliphatic carbocycles. The van der Waals surface area contributed by atoms with Crippen LogP contribution in [-0.4, -0.2) is 52.4 Å². The predicted molar refractivity (Wildman–Crippen MR) is 90.2 cm³/mol. The van der Waals surface area contributed by atoms with Crippen LogP contribution in [0.2, 0.25) is 5.28 Å². The van der Waals surface area contributed by atoms with Gasteiger partial charge in [-0.15, -0.1) is 0 Å². The Morgan fingerprint density at radius 2 is 2.21 bits per heavy atom. The van der Waals surface area contributed by atoms with Gasteiger partial charge in [0.2, 0.25) is 5.28 Å². The molecule has 0 bridgehead atoms. The number of anilines is 1. The van der Waals surface area contributed by atoms with E-state index in [0.29, 0.717) is 31.9 Å². The predicted octanol–water partition coefficient (Wildman–Crippen LogP) is 2.62. The number of nitrogens with one attached hydrogen (secondary N) is 1. The van der Waals surface area contributed by atoms with E-state index in [1.807, 2.05) is 20.8 Å². The average Bonchev–Trinajstić information content (AvgIpc) is 2.98. The van der Waals surface area contributed by atoms with Gasteiger partial charge in [0, 0.05) is 25.1 Å². The summed E-state index contributed by atoms with van der Waals surface area (Å²) < 4.78 is 10.9. The van der Waals surface area contributed by atoms with Crippen molar-refractivity contribution in [3.8, 4) is 0 Å². The van der Waals surface area contributed by atoms with E-state index in [1.54, 1.807) is 4.90 Å². The number of hydrogen-bond acceptors (Lipinski definition) is 6. The summed E-state index contributed by atoms with van der Waals surface area (Å²) in [7, 11) is 0. The summed E-state index contributed by atoms with van der Waals surface area (Å²) in [5.74, 6) is 0.689. The largest absolute Gasteiger partial charge is 0.444 e.